The number of amides is 3. The number of imidazole rings is 2. The molecule has 3 amide bonds. The molecule has 4 heterocycles. The van der Waals surface area contributed by atoms with Gasteiger partial charge in [-0.15, -0.1) is 0 Å². The molecule has 2 saturated carbocycles. The molecule has 310 valence electrons. The number of ether oxygens (including phenoxy) is 2. The molecule has 5 atom stereocenters. The van der Waals surface area contributed by atoms with Crippen molar-refractivity contribution in [3.63, 3.8) is 0 Å². The molecule has 2 saturated heterocycles. The van der Waals surface area contributed by atoms with Crippen LogP contribution >= 0.6 is 0 Å². The van der Waals surface area contributed by atoms with Crippen LogP contribution in [0.3, 0.4) is 0 Å². The van der Waals surface area contributed by atoms with Gasteiger partial charge in [0.05, 0.1) is 41.8 Å². The number of likely N-dealkylation sites (tertiary alicyclic amines) is 2. The lowest BCUT2D eigenvalue weighted by molar-refractivity contribution is -0.136. The molecule has 4 fully saturated rings. The maximum atomic E-state index is 13.4. The molecule has 2 aliphatic carbocycles. The fourth-order valence-corrected chi connectivity index (χ4v) is 11.1. The molecule has 4 aromatic carbocycles. The van der Waals surface area contributed by atoms with Crippen molar-refractivity contribution in [2.24, 2.45) is 17.8 Å². The lowest BCUT2D eigenvalue weighted by Crippen LogP contribution is -2.52. The smallest absolute Gasteiger partial charge is 0.407 e. The average Bonchev–Trinajstić information content (AvgIpc) is 4.13. The zero-order valence-electron chi connectivity index (χ0n) is 34.6. The minimum absolute atomic E-state index is 0.0290. The second-order valence-corrected chi connectivity index (χ2v) is 17.9. The number of H-pyrrole nitrogens is 2. The van der Waals surface area contributed by atoms with Crippen molar-refractivity contribution in [3.05, 3.63) is 84.4 Å². The number of rotatable bonds is 10. The fourth-order valence-electron chi connectivity index (χ4n) is 11.1. The Morgan fingerprint density at radius 3 is 1.90 bits per heavy atom. The average molecular weight is 809 g/mol. The summed E-state index contributed by atoms with van der Waals surface area (Å²) < 4.78 is 9.65. The maximum absolute atomic E-state index is 13.4. The van der Waals surface area contributed by atoms with Gasteiger partial charge in [0.1, 0.15) is 23.7 Å². The fraction of sp³-hybridized carbons (Fsp3) is 0.426. The SMILES string of the molecule is COC(=O)NCC(=O)N1C[C@H]2CC[C@@]1(c1nc3ccc(-c4cccc5c(-c6ccc7nc([C@@]89CCC(CN8C[C@@H](NC(=O)OC)C(C)C)C9)[nH]c7c6)cccc45)cc3[nH]1)C2. The van der Waals surface area contributed by atoms with Crippen molar-refractivity contribution >= 4 is 50.9 Å². The largest absolute Gasteiger partial charge is 0.453 e. The van der Waals surface area contributed by atoms with Crippen LogP contribution in [0.1, 0.15) is 64.0 Å². The van der Waals surface area contributed by atoms with Crippen LogP contribution in [-0.2, 0) is 25.3 Å². The third-order valence-electron chi connectivity index (χ3n) is 14.2. The number of fused-ring (bicyclic) bond motifs is 7. The number of methoxy groups -OCH3 is 2. The van der Waals surface area contributed by atoms with E-state index in [9.17, 15) is 14.4 Å². The second kappa shape index (κ2) is 14.6. The highest BCUT2D eigenvalue weighted by atomic mass is 16.5. The summed E-state index contributed by atoms with van der Waals surface area (Å²) in [4.78, 5) is 59.5. The minimum atomic E-state index is -0.617. The van der Waals surface area contributed by atoms with Crippen LogP contribution in [0.4, 0.5) is 9.59 Å². The zero-order valence-corrected chi connectivity index (χ0v) is 34.6. The Bertz CT molecular complexity index is 2670. The Kier molecular flexibility index (Phi) is 9.34. The summed E-state index contributed by atoms with van der Waals surface area (Å²) in [6, 6.07) is 25.9. The van der Waals surface area contributed by atoms with Gasteiger partial charge in [-0.3, -0.25) is 9.69 Å². The van der Waals surface area contributed by atoms with Crippen LogP contribution in [0.25, 0.3) is 55.1 Å². The number of benzene rings is 4. The molecule has 60 heavy (non-hydrogen) atoms. The van der Waals surface area contributed by atoms with Gasteiger partial charge >= 0.3 is 12.2 Å². The van der Waals surface area contributed by atoms with Gasteiger partial charge in [-0.05, 0) is 114 Å². The summed E-state index contributed by atoms with van der Waals surface area (Å²) in [7, 11) is 2.71. The predicted octanol–water partition coefficient (Wildman–Crippen LogP) is 7.81. The molecule has 1 unspecified atom stereocenters. The standard InChI is InChI=1S/C47H52N8O5/c1-27(2)40(53-45(58)60-4)26-54-24-28-15-17-46(54,21-28)42-49-36-13-11-30(19-38(36)51-42)32-7-5-10-35-33(8-6-9-34(32)35)31-12-14-37-39(20-31)52-43(50-37)47-18-16-29(22-47)25-55(47)41(56)23-48-44(57)59-3/h5-14,19-20,27-29,40H,15-18,21-26H2,1-4H3,(H,48,57)(H,49,51)(H,50,52)(H,53,58)/t28?,29-,40+,46-,47-/m0/s1. The normalized spacial score (nSPS) is 23.9. The first-order valence-electron chi connectivity index (χ1n) is 21.3. The maximum Gasteiger partial charge on any atom is 0.407 e. The third kappa shape index (κ3) is 6.27. The Morgan fingerprint density at radius 2 is 1.33 bits per heavy atom. The Morgan fingerprint density at radius 1 is 0.767 bits per heavy atom. The van der Waals surface area contributed by atoms with Crippen molar-refractivity contribution in [2.75, 3.05) is 40.4 Å². The van der Waals surface area contributed by atoms with E-state index in [0.29, 0.717) is 18.4 Å². The quantitative estimate of drug-likeness (QED) is 0.109. The van der Waals surface area contributed by atoms with E-state index in [1.807, 2.05) is 4.90 Å². The van der Waals surface area contributed by atoms with Crippen LogP contribution in [0.15, 0.2) is 72.8 Å². The van der Waals surface area contributed by atoms with E-state index in [-0.39, 0.29) is 36.0 Å². The van der Waals surface area contributed by atoms with E-state index in [1.165, 1.54) is 20.6 Å². The van der Waals surface area contributed by atoms with Gasteiger partial charge in [-0.25, -0.2) is 19.6 Å². The number of aromatic nitrogens is 4. The van der Waals surface area contributed by atoms with Crippen molar-refractivity contribution in [1.82, 2.24) is 40.4 Å². The molecule has 4 aliphatic rings. The Hall–Kier alpha value is -5.95. The lowest BCUT2D eigenvalue weighted by atomic mass is 9.92. The molecule has 2 aromatic heterocycles. The predicted molar refractivity (Wildman–Crippen MR) is 230 cm³/mol. The first-order chi connectivity index (χ1) is 29.1. The minimum Gasteiger partial charge on any atom is -0.453 e. The number of alkyl carbamates (subject to hydrolysis) is 2. The lowest BCUT2D eigenvalue weighted by Gasteiger charge is -2.40. The van der Waals surface area contributed by atoms with Crippen LogP contribution < -0.4 is 10.6 Å². The van der Waals surface area contributed by atoms with Gasteiger partial charge in [-0.2, -0.15) is 0 Å². The summed E-state index contributed by atoms with van der Waals surface area (Å²) in [6.45, 7) is 6.58. The highest BCUT2D eigenvalue weighted by molar-refractivity contribution is 6.05. The molecule has 0 spiro atoms. The van der Waals surface area contributed by atoms with Crippen LogP contribution in [0.2, 0.25) is 0 Å². The second-order valence-electron chi connectivity index (χ2n) is 17.9. The molecule has 10 rings (SSSR count). The first kappa shape index (κ1) is 38.3. The molecule has 2 aliphatic heterocycles. The van der Waals surface area contributed by atoms with E-state index < -0.39 is 11.6 Å². The monoisotopic (exact) mass is 808 g/mol. The van der Waals surface area contributed by atoms with Crippen molar-refractivity contribution in [2.45, 2.75) is 69.5 Å². The van der Waals surface area contributed by atoms with E-state index in [0.717, 1.165) is 112 Å². The first-order valence-corrected chi connectivity index (χ1v) is 21.3. The zero-order chi connectivity index (χ0) is 41.3. The Balaban J connectivity index is 0.945. The number of carbonyl (C=O) groups excluding carboxylic acids is 3. The van der Waals surface area contributed by atoms with Gasteiger partial charge in [0.2, 0.25) is 5.91 Å². The van der Waals surface area contributed by atoms with E-state index in [2.05, 4.69) is 117 Å². The summed E-state index contributed by atoms with van der Waals surface area (Å²) in [5.41, 5.74) is 7.53. The molecule has 13 heteroatoms. The van der Waals surface area contributed by atoms with E-state index >= 15 is 0 Å². The molecule has 0 radical (unpaired) electrons. The number of nitrogens with zero attached hydrogens (tertiary/aromatic N) is 4. The van der Waals surface area contributed by atoms with Crippen molar-refractivity contribution in [3.8, 4) is 22.3 Å². The molecule has 6 aromatic rings. The van der Waals surface area contributed by atoms with Gasteiger partial charge in [0.15, 0.2) is 0 Å². The van der Waals surface area contributed by atoms with Gasteiger partial charge in [0, 0.05) is 25.7 Å². The number of hydrogen-bond acceptors (Lipinski definition) is 8. The number of aromatic amines is 2. The molecule has 4 N–H and O–H groups in total. The van der Waals surface area contributed by atoms with Crippen LogP contribution in [0, 0.1) is 17.8 Å². The summed E-state index contributed by atoms with van der Waals surface area (Å²) in [5, 5.41) is 7.94. The van der Waals surface area contributed by atoms with Gasteiger partial charge in [-0.1, -0.05) is 62.4 Å². The van der Waals surface area contributed by atoms with E-state index in [4.69, 9.17) is 14.7 Å². The van der Waals surface area contributed by atoms with Crippen molar-refractivity contribution < 1.29 is 23.9 Å². The van der Waals surface area contributed by atoms with Crippen LogP contribution in [0.5, 0.6) is 0 Å². The topological polar surface area (TPSA) is 158 Å². The number of hydrogen-bond donors (Lipinski definition) is 4. The third-order valence-corrected chi connectivity index (χ3v) is 14.2. The number of carbonyl (C=O) groups is 3. The van der Waals surface area contributed by atoms with Gasteiger partial charge in [0.25, 0.3) is 0 Å². The molecular formula is C47H52N8O5. The molecular weight excluding hydrogens is 757 g/mol. The highest BCUT2D eigenvalue weighted by Crippen LogP contribution is 2.54. The summed E-state index contributed by atoms with van der Waals surface area (Å²) in [5.74, 6) is 2.98. The number of piperidine rings is 2. The van der Waals surface area contributed by atoms with Crippen molar-refractivity contribution in [1.29, 1.82) is 0 Å². The Labute approximate surface area is 348 Å². The van der Waals surface area contributed by atoms with Crippen LogP contribution in [-0.4, -0.2) is 94.3 Å². The highest BCUT2D eigenvalue weighted by Gasteiger charge is 2.56. The van der Waals surface area contributed by atoms with Gasteiger partial charge < -0.3 is 35.0 Å². The summed E-state index contributed by atoms with van der Waals surface area (Å²) in [6.07, 6.45) is 5.02. The summed E-state index contributed by atoms with van der Waals surface area (Å²) >= 11 is 0. The van der Waals surface area contributed by atoms with E-state index in [1.54, 1.807) is 0 Å². The number of nitrogens with one attached hydrogen (secondary N) is 4. The molecule has 13 nitrogen and oxygen atoms in total. The molecule has 4 bridgehead atoms.